The van der Waals surface area contributed by atoms with Gasteiger partial charge in [-0.1, -0.05) is 42.0 Å². The Hall–Kier alpha value is -1.98. The minimum atomic E-state index is -1.73. The lowest BCUT2D eigenvalue weighted by Gasteiger charge is -2.33. The molecule has 0 fully saturated rings. The first-order chi connectivity index (χ1) is 11.9. The number of rotatable bonds is 4. The van der Waals surface area contributed by atoms with Crippen LogP contribution in [0, 0.1) is 20.8 Å². The zero-order valence-electron chi connectivity index (χ0n) is 15.0. The molecule has 0 saturated carbocycles. The van der Waals surface area contributed by atoms with Crippen molar-refractivity contribution in [1.82, 2.24) is 4.31 Å². The van der Waals surface area contributed by atoms with Gasteiger partial charge in [-0.25, -0.2) is 0 Å². The molecule has 1 aliphatic rings. The van der Waals surface area contributed by atoms with Crippen molar-refractivity contribution in [2.24, 2.45) is 0 Å². The largest absolute Gasteiger partial charge is 0.388 e. The molecule has 4 nitrogen and oxygen atoms in total. The fourth-order valence-corrected chi connectivity index (χ4v) is 4.60. The summed E-state index contributed by atoms with van der Waals surface area (Å²) in [7, 11) is 0. The Labute approximate surface area is 151 Å². The molecule has 0 bridgehead atoms. The molecule has 0 radical (unpaired) electrons. The van der Waals surface area contributed by atoms with Crippen LogP contribution in [0.25, 0.3) is 0 Å². The molecule has 0 spiro atoms. The highest BCUT2D eigenvalue weighted by molar-refractivity contribution is 7.78. The van der Waals surface area contributed by atoms with Crippen LogP contribution in [0.4, 0.5) is 0 Å². The van der Waals surface area contributed by atoms with E-state index >= 15 is 0 Å². The maximum atomic E-state index is 12.9. The smallest absolute Gasteiger partial charge is 0.291 e. The Bertz CT molecular complexity index is 824. The van der Waals surface area contributed by atoms with Crippen LogP contribution in [-0.2, 0) is 29.0 Å². The summed E-state index contributed by atoms with van der Waals surface area (Å²) in [5.74, 6) is 0.633. The molecular weight excluding hydrogens is 334 g/mol. The number of Topliss-reactive ketones (excluding diaryl/α,β-unsaturated/α-hetero) is 1. The highest BCUT2D eigenvalue weighted by Crippen LogP contribution is 2.29. The van der Waals surface area contributed by atoms with Gasteiger partial charge >= 0.3 is 0 Å². The van der Waals surface area contributed by atoms with Crippen LogP contribution < -0.4 is 4.18 Å². The summed E-state index contributed by atoms with van der Waals surface area (Å²) in [6.45, 7) is 7.90. The van der Waals surface area contributed by atoms with Crippen molar-refractivity contribution < 1.29 is 13.2 Å². The molecule has 2 aromatic carbocycles. The number of ketones is 1. The number of carbonyl (C=O) groups is 1. The van der Waals surface area contributed by atoms with E-state index in [9.17, 15) is 9.00 Å². The van der Waals surface area contributed by atoms with Gasteiger partial charge < -0.3 is 4.18 Å². The van der Waals surface area contributed by atoms with E-state index in [1.165, 1.54) is 0 Å². The lowest BCUT2D eigenvalue weighted by molar-refractivity contribution is -0.120. The van der Waals surface area contributed by atoms with E-state index < -0.39 is 17.3 Å². The predicted octanol–water partition coefficient (Wildman–Crippen LogP) is 3.59. The average molecular weight is 357 g/mol. The van der Waals surface area contributed by atoms with Gasteiger partial charge in [0.1, 0.15) is 11.5 Å². The Morgan fingerprint density at radius 3 is 2.32 bits per heavy atom. The molecule has 0 aromatic heterocycles. The van der Waals surface area contributed by atoms with Gasteiger partial charge in [0.25, 0.3) is 11.3 Å². The third-order valence-electron chi connectivity index (χ3n) is 4.63. The normalized spacial score (nSPS) is 18.5. The molecule has 0 aliphatic carbocycles. The van der Waals surface area contributed by atoms with Crippen LogP contribution in [0.2, 0.25) is 0 Å². The number of hydrogen-bond donors (Lipinski definition) is 0. The van der Waals surface area contributed by atoms with Crippen molar-refractivity contribution in [2.45, 2.75) is 46.7 Å². The Morgan fingerprint density at radius 2 is 1.72 bits per heavy atom. The zero-order valence-corrected chi connectivity index (χ0v) is 15.9. The molecular formula is C20H23NO3S. The quantitative estimate of drug-likeness (QED) is 0.840. The maximum absolute atomic E-state index is 12.9. The fraction of sp³-hybridized carbons (Fsp3) is 0.350. The molecule has 5 heteroatoms. The summed E-state index contributed by atoms with van der Waals surface area (Å²) in [4.78, 5) is 12.1. The van der Waals surface area contributed by atoms with Gasteiger partial charge in [0.2, 0.25) is 0 Å². The number of benzene rings is 2. The van der Waals surface area contributed by atoms with Crippen molar-refractivity contribution in [3.05, 3.63) is 64.2 Å². The van der Waals surface area contributed by atoms with Crippen LogP contribution in [0.5, 0.6) is 5.75 Å². The van der Waals surface area contributed by atoms with E-state index in [-0.39, 0.29) is 5.78 Å². The molecule has 0 N–H and O–H groups in total. The SMILES string of the molecule is CC(=O)[C@H]1Cc2ccccc2CN1S(=O)Oc1c(C)cc(C)cc1C. The van der Waals surface area contributed by atoms with Gasteiger partial charge in [-0.05, 0) is 56.4 Å². The highest BCUT2D eigenvalue weighted by Gasteiger charge is 2.34. The summed E-state index contributed by atoms with van der Waals surface area (Å²) in [6, 6.07) is 11.6. The first-order valence-electron chi connectivity index (χ1n) is 8.38. The first-order valence-corrected chi connectivity index (χ1v) is 9.42. The number of aryl methyl sites for hydroxylation is 3. The van der Waals surface area contributed by atoms with Crippen molar-refractivity contribution in [3.63, 3.8) is 0 Å². The van der Waals surface area contributed by atoms with E-state index in [1.54, 1.807) is 11.2 Å². The molecule has 0 amide bonds. The summed E-state index contributed by atoms with van der Waals surface area (Å²) in [6.07, 6.45) is 0.562. The molecule has 2 aromatic rings. The second kappa shape index (κ2) is 7.10. The molecule has 0 saturated heterocycles. The monoisotopic (exact) mass is 357 g/mol. The summed E-state index contributed by atoms with van der Waals surface area (Å²) in [5, 5.41) is 0. The van der Waals surface area contributed by atoms with Crippen molar-refractivity contribution >= 4 is 17.0 Å². The zero-order chi connectivity index (χ0) is 18.1. The standard InChI is InChI=1S/C20H23NO3S/c1-13-9-14(2)20(15(3)10-13)24-25(23)21-12-18-8-6-5-7-17(18)11-19(21)16(4)22/h5-10,19H,11-12H2,1-4H3/t19-,25?/m1/s1. The molecule has 25 heavy (non-hydrogen) atoms. The van der Waals surface area contributed by atoms with E-state index in [1.807, 2.05) is 57.2 Å². The second-order valence-corrected chi connectivity index (χ2v) is 7.77. The van der Waals surface area contributed by atoms with Crippen LogP contribution in [0.3, 0.4) is 0 Å². The van der Waals surface area contributed by atoms with Gasteiger partial charge in [-0.15, -0.1) is 0 Å². The predicted molar refractivity (Wildman–Crippen MR) is 99.6 cm³/mol. The van der Waals surface area contributed by atoms with Crippen LogP contribution in [0.15, 0.2) is 36.4 Å². The molecule has 132 valence electrons. The number of nitrogens with zero attached hydrogens (tertiary/aromatic N) is 1. The molecule has 1 heterocycles. The molecule has 2 atom stereocenters. The number of hydrogen-bond acceptors (Lipinski definition) is 3. The van der Waals surface area contributed by atoms with E-state index in [0.29, 0.717) is 18.7 Å². The van der Waals surface area contributed by atoms with Gasteiger partial charge in [-0.3, -0.25) is 4.79 Å². The Balaban J connectivity index is 1.89. The van der Waals surface area contributed by atoms with Crippen molar-refractivity contribution in [2.75, 3.05) is 0 Å². The van der Waals surface area contributed by atoms with Crippen LogP contribution >= 0.6 is 0 Å². The Kier molecular flexibility index (Phi) is 5.06. The second-order valence-electron chi connectivity index (χ2n) is 6.70. The molecule has 1 unspecified atom stereocenters. The summed E-state index contributed by atoms with van der Waals surface area (Å²) in [5.41, 5.74) is 5.26. The maximum Gasteiger partial charge on any atom is 0.291 e. The summed E-state index contributed by atoms with van der Waals surface area (Å²) >= 11 is -1.73. The van der Waals surface area contributed by atoms with Gasteiger partial charge in [0.15, 0.2) is 0 Å². The van der Waals surface area contributed by atoms with Crippen molar-refractivity contribution in [3.8, 4) is 5.75 Å². The van der Waals surface area contributed by atoms with Gasteiger partial charge in [0, 0.05) is 6.54 Å². The summed E-state index contributed by atoms with van der Waals surface area (Å²) < 4.78 is 20.4. The van der Waals surface area contributed by atoms with Crippen LogP contribution in [-0.4, -0.2) is 20.3 Å². The van der Waals surface area contributed by atoms with E-state index in [4.69, 9.17) is 4.18 Å². The topological polar surface area (TPSA) is 46.6 Å². The lowest BCUT2D eigenvalue weighted by Crippen LogP contribution is -2.46. The minimum absolute atomic E-state index is 0.00352. The number of fused-ring (bicyclic) bond motifs is 1. The molecule has 3 rings (SSSR count). The number of carbonyl (C=O) groups excluding carboxylic acids is 1. The average Bonchev–Trinajstić information content (AvgIpc) is 2.56. The third kappa shape index (κ3) is 3.67. The van der Waals surface area contributed by atoms with Crippen LogP contribution in [0.1, 0.15) is 34.7 Å². The molecule has 1 aliphatic heterocycles. The van der Waals surface area contributed by atoms with Gasteiger partial charge in [-0.2, -0.15) is 8.51 Å². The van der Waals surface area contributed by atoms with Gasteiger partial charge in [0.05, 0.1) is 6.04 Å². The van der Waals surface area contributed by atoms with E-state index in [2.05, 4.69) is 0 Å². The lowest BCUT2D eigenvalue weighted by atomic mass is 9.94. The Morgan fingerprint density at radius 1 is 1.12 bits per heavy atom. The van der Waals surface area contributed by atoms with E-state index in [0.717, 1.165) is 27.8 Å². The van der Waals surface area contributed by atoms with Crippen molar-refractivity contribution in [1.29, 1.82) is 0 Å². The third-order valence-corrected chi connectivity index (χ3v) is 5.70. The fourth-order valence-electron chi connectivity index (χ4n) is 3.42. The first kappa shape index (κ1) is 17.8. The minimum Gasteiger partial charge on any atom is -0.388 e. The highest BCUT2D eigenvalue weighted by atomic mass is 32.2.